The number of pyridine rings is 4. The van der Waals surface area contributed by atoms with Gasteiger partial charge in [-0.1, -0.05) is 11.6 Å². The van der Waals surface area contributed by atoms with E-state index in [2.05, 4.69) is 126 Å². The summed E-state index contributed by atoms with van der Waals surface area (Å²) in [5.41, 5.74) is 14.1. The van der Waals surface area contributed by atoms with Crippen LogP contribution in [0.15, 0.2) is 172 Å². The van der Waals surface area contributed by atoms with Crippen LogP contribution in [-0.4, -0.2) is 258 Å². The van der Waals surface area contributed by atoms with E-state index in [0.29, 0.717) is 59.7 Å². The lowest BCUT2D eigenvalue weighted by Crippen LogP contribution is -2.49. The second-order valence-electron chi connectivity index (χ2n) is 37.4. The van der Waals surface area contributed by atoms with Crippen LogP contribution in [0.5, 0.6) is 5.75 Å². The molecule has 6 N–H and O–H groups in total. The van der Waals surface area contributed by atoms with Crippen LogP contribution in [0.3, 0.4) is 0 Å². The number of likely N-dealkylation sites (tertiary alicyclic amines) is 3. The average Bonchev–Trinajstić information content (AvgIpc) is 1.68. The molecule has 5 atom stereocenters. The van der Waals surface area contributed by atoms with Crippen molar-refractivity contribution in [2.45, 2.75) is 159 Å². The number of piperidine rings is 3. The molecule has 4 aliphatic carbocycles. The number of alkyl halides is 1. The quantitative estimate of drug-likeness (QED) is 0.0275. The summed E-state index contributed by atoms with van der Waals surface area (Å²) in [6, 6.07) is 20.7. The predicted molar refractivity (Wildman–Crippen MR) is 513 cm³/mol. The summed E-state index contributed by atoms with van der Waals surface area (Å²) in [4.78, 5) is 78.5. The molecule has 8 aromatic heterocycles. The van der Waals surface area contributed by atoms with Crippen LogP contribution in [0.1, 0.15) is 142 Å². The number of halogens is 6. The van der Waals surface area contributed by atoms with E-state index in [9.17, 15) is 41.1 Å². The molecule has 4 aliphatic heterocycles. The van der Waals surface area contributed by atoms with E-state index in [4.69, 9.17) is 21.1 Å². The van der Waals surface area contributed by atoms with Crippen molar-refractivity contribution in [2.24, 2.45) is 5.92 Å². The third kappa shape index (κ3) is 23.8. The number of aryl methyl sites for hydroxylation is 3. The van der Waals surface area contributed by atoms with Gasteiger partial charge in [-0.3, -0.25) is 39.1 Å². The molecule has 712 valence electrons. The summed E-state index contributed by atoms with van der Waals surface area (Å²) >= 11 is 6.34. The minimum Gasteiger partial charge on any atom is -0.492 e. The molecule has 136 heavy (non-hydrogen) atoms. The van der Waals surface area contributed by atoms with Crippen LogP contribution in [0.25, 0.3) is 67.3 Å². The number of hydrogen-bond acceptors (Lipinski definition) is 21. The lowest BCUT2D eigenvalue weighted by Gasteiger charge is -2.36. The Morgan fingerprint density at radius 3 is 1.20 bits per heavy atom. The molecule has 0 spiro atoms. The van der Waals surface area contributed by atoms with Crippen molar-refractivity contribution in [3.63, 3.8) is 0 Å². The first-order chi connectivity index (χ1) is 65.6. The van der Waals surface area contributed by atoms with Crippen molar-refractivity contribution in [2.75, 3.05) is 117 Å². The minimum absolute atomic E-state index is 0.0252. The van der Waals surface area contributed by atoms with Crippen LogP contribution in [0, 0.1) is 50.0 Å². The van der Waals surface area contributed by atoms with Gasteiger partial charge in [0.25, 0.3) is 23.6 Å². The maximum absolute atomic E-state index is 14.5. The number of ether oxygens (including phenoxy) is 2. The molecule has 20 rings (SSSR count). The number of rotatable bonds is 26. The SMILES string of the molecule is CO[C@@H]1CN(C)CC[C@@H]1Nc1cncc(-n2cc(-c3cc(C(=O)NC4CC4)c(F)cc3Cl)cn2)c1.Cc1cc(F)c(C(=O)NC2CC2)cc1-c1cnn(-c2cncc(N3CCC(N(C)C)CC3)c2)c1.Cc1cc(F)c(C(=O)NC2CC2)cc1-c1cnn(-c2cncc(N[C@@H]3CCN(C)C[C@@H]3F)c2)c1.Cc1cc(F)c(C(=O)NC2CC2)cc1-c1cnn(-c2cncc(OC[C@H]3CCN(C)C3)c2)c1. The lowest BCUT2D eigenvalue weighted by atomic mass is 9.99. The Labute approximate surface area is 792 Å². The second kappa shape index (κ2) is 42.2. The monoisotopic (exact) mass is 1880 g/mol. The van der Waals surface area contributed by atoms with Gasteiger partial charge in [0.15, 0.2) is 0 Å². The van der Waals surface area contributed by atoms with Crippen molar-refractivity contribution in [1.29, 1.82) is 0 Å². The molecule has 12 aromatic rings. The number of amides is 4. The van der Waals surface area contributed by atoms with Crippen molar-refractivity contribution >= 4 is 52.3 Å². The Kier molecular flexibility index (Phi) is 29.4. The highest BCUT2D eigenvalue weighted by Crippen LogP contribution is 2.37. The summed E-state index contributed by atoms with van der Waals surface area (Å²) in [7, 11) is 12.2. The van der Waals surface area contributed by atoms with Crippen molar-refractivity contribution in [3.05, 3.63) is 239 Å². The van der Waals surface area contributed by atoms with E-state index in [0.717, 1.165) is 201 Å². The molecule has 4 aromatic carbocycles. The van der Waals surface area contributed by atoms with Gasteiger partial charge in [0, 0.05) is 141 Å². The Hall–Kier alpha value is -12.9. The van der Waals surface area contributed by atoms with Gasteiger partial charge in [0.1, 0.15) is 35.2 Å². The summed E-state index contributed by atoms with van der Waals surface area (Å²) in [5, 5.41) is 36.3. The van der Waals surface area contributed by atoms with Gasteiger partial charge in [0.2, 0.25) is 0 Å². The van der Waals surface area contributed by atoms with E-state index in [1.165, 1.54) is 30.3 Å². The largest absolute Gasteiger partial charge is 0.492 e. The van der Waals surface area contributed by atoms with Crippen molar-refractivity contribution in [1.82, 2.24) is 99.9 Å². The van der Waals surface area contributed by atoms with Crippen LogP contribution in [0.4, 0.5) is 39.0 Å². The van der Waals surface area contributed by atoms with E-state index < -0.39 is 41.3 Å². The number of nitrogens with zero attached hydrogens (tertiary/aromatic N) is 17. The number of benzene rings is 4. The van der Waals surface area contributed by atoms with Gasteiger partial charge in [-0.2, -0.15) is 20.4 Å². The molecule has 35 heteroatoms. The number of likely N-dealkylation sites (N-methyl/N-ethyl adjacent to an activating group) is 1. The van der Waals surface area contributed by atoms with E-state index >= 15 is 0 Å². The highest BCUT2D eigenvalue weighted by atomic mass is 35.5. The number of nitrogens with one attached hydrogen (secondary N) is 6. The molecular weight excluding hydrogens is 1760 g/mol. The topological polar surface area (TPSA) is 298 Å². The van der Waals surface area contributed by atoms with Crippen LogP contribution in [-0.2, 0) is 4.74 Å². The third-order valence-electron chi connectivity index (χ3n) is 26.2. The fraction of sp³-hybridized carbons (Fsp3) is 0.406. The summed E-state index contributed by atoms with van der Waals surface area (Å²) in [5.74, 6) is -2.50. The first-order valence-electron chi connectivity index (χ1n) is 46.6. The van der Waals surface area contributed by atoms with Crippen LogP contribution in [0.2, 0.25) is 5.02 Å². The number of hydrogen-bond donors (Lipinski definition) is 6. The zero-order valence-electron chi connectivity index (χ0n) is 77.8. The number of aromatic nitrogens is 12. The first-order valence-corrected chi connectivity index (χ1v) is 47.0. The average molecular weight is 1880 g/mol. The molecule has 0 unspecified atom stereocenters. The fourth-order valence-electron chi connectivity index (χ4n) is 17.5. The molecular formula is C101H115ClF5N23O6. The van der Waals surface area contributed by atoms with Crippen LogP contribution < -0.4 is 41.5 Å². The second-order valence-corrected chi connectivity index (χ2v) is 37.8. The highest BCUT2D eigenvalue weighted by Gasteiger charge is 2.34. The fourth-order valence-corrected chi connectivity index (χ4v) is 17.8. The van der Waals surface area contributed by atoms with Gasteiger partial charge in [0.05, 0.1) is 166 Å². The van der Waals surface area contributed by atoms with Crippen LogP contribution >= 0.6 is 11.6 Å². The number of methoxy groups -OCH3 is 1. The van der Waals surface area contributed by atoms with E-state index in [-0.39, 0.29) is 81.4 Å². The first kappa shape index (κ1) is 94.9. The smallest absolute Gasteiger partial charge is 0.254 e. The Balaban J connectivity index is 0.000000126. The van der Waals surface area contributed by atoms with Gasteiger partial charge in [-0.25, -0.2) is 40.7 Å². The molecule has 12 heterocycles. The molecule has 4 saturated carbocycles. The van der Waals surface area contributed by atoms with Gasteiger partial charge >= 0.3 is 0 Å². The van der Waals surface area contributed by atoms with E-state index in [1.54, 1.807) is 125 Å². The Morgan fingerprint density at radius 1 is 0.412 bits per heavy atom. The lowest BCUT2D eigenvalue weighted by molar-refractivity contribution is 0.0312. The number of anilines is 3. The molecule has 4 saturated heterocycles. The molecule has 8 fully saturated rings. The third-order valence-corrected chi connectivity index (χ3v) is 26.5. The zero-order chi connectivity index (χ0) is 95.1. The Morgan fingerprint density at radius 2 is 0.779 bits per heavy atom. The summed E-state index contributed by atoms with van der Waals surface area (Å²) in [6.45, 7) is 13.4. The highest BCUT2D eigenvalue weighted by molar-refractivity contribution is 6.33. The molecule has 29 nitrogen and oxygen atoms in total. The molecule has 4 amide bonds. The molecule has 8 aliphatic rings. The Bertz CT molecular complexity index is 6300. The zero-order valence-corrected chi connectivity index (χ0v) is 78.6. The summed E-state index contributed by atoms with van der Waals surface area (Å²) in [6.07, 6.45) is 39.9. The molecule has 0 bridgehead atoms. The van der Waals surface area contributed by atoms with Gasteiger partial charge < -0.3 is 65.9 Å². The van der Waals surface area contributed by atoms with Gasteiger partial charge in [-0.05, 0) is 253 Å². The van der Waals surface area contributed by atoms with E-state index in [1.807, 2.05) is 68.8 Å². The summed E-state index contributed by atoms with van der Waals surface area (Å²) < 4.78 is 90.9. The maximum atomic E-state index is 14.5. The number of carbonyl (C=O) groups excluding carboxylic acids is 4. The predicted octanol–water partition coefficient (Wildman–Crippen LogP) is 14.9. The minimum atomic E-state index is -0.952. The standard InChI is InChI=1S/C26H31FN6O.C25H28ClFN6O2.C25H28F2N6O.C25H28FN5O2/c1-17-10-25(27)24(26(34)30-19-4-5-19)12-23(17)18-13-29-33(16-18)22-11-21(14-28-15-22)32-8-6-20(7-9-32)31(2)3;1-32-6-5-23(24(14-32)35-2)30-17-7-18(12-28-11-17)33-13-15(10-29-33)19-8-20(22(27)9-21(19)26)25(34)31-16-3-4-16;1-15-7-22(26)21(25(34)31-17-3-4-17)9-20(15)16-10-29-33(13-16)19-8-18(11-28-12-19)30-24-5-6-32(2)14-23(24)27;1-16-7-24(26)23(25(32)29-19-3-4-19)9-22(16)18-10-28-31(14-18)20-8-21(12-27-11-20)33-15-17-5-6-30(2)13-17/h10-16,19-20H,4-9H2,1-3H3,(H,30,34);7-13,16,23-24,30H,3-6,14H2,1-2H3,(H,31,34);7-13,17,23-24,30H,3-6,14H2,1-2H3,(H,31,34);7-12,14,17,19H,3-6,13,15H2,1-2H3,(H,29,32)/t;2*23-,24+;17-/m.000/s1. The van der Waals surface area contributed by atoms with Gasteiger partial charge in [-0.15, -0.1) is 0 Å². The van der Waals surface area contributed by atoms with Crippen molar-refractivity contribution < 1.29 is 50.6 Å². The molecule has 0 radical (unpaired) electrons. The van der Waals surface area contributed by atoms with Crippen molar-refractivity contribution in [3.8, 4) is 73.0 Å². The number of carbonyl (C=O) groups is 4. The maximum Gasteiger partial charge on any atom is 0.254 e. The normalized spacial score (nSPS) is 19.2.